The van der Waals surface area contributed by atoms with Gasteiger partial charge in [-0.1, -0.05) is 39.5 Å². The van der Waals surface area contributed by atoms with Crippen LogP contribution in [-0.2, 0) is 10.0 Å². The van der Waals surface area contributed by atoms with Gasteiger partial charge in [0.15, 0.2) is 0 Å². The van der Waals surface area contributed by atoms with Crippen molar-refractivity contribution in [1.82, 2.24) is 4.31 Å². The Kier molecular flexibility index (Phi) is 10.5. The highest BCUT2D eigenvalue weighted by Crippen LogP contribution is 2.18. The van der Waals surface area contributed by atoms with E-state index in [0.717, 1.165) is 30.0 Å². The molecule has 0 saturated heterocycles. The van der Waals surface area contributed by atoms with Crippen LogP contribution in [0.3, 0.4) is 0 Å². The first-order valence-electron chi connectivity index (χ1n) is 7.24. The highest BCUT2D eigenvalue weighted by atomic mass is 32.2. The summed E-state index contributed by atoms with van der Waals surface area (Å²) in [6.07, 6.45) is 5.38. The lowest BCUT2D eigenvalue weighted by Gasteiger charge is -2.22. The minimum atomic E-state index is -3.91. The van der Waals surface area contributed by atoms with Crippen LogP contribution in [-0.4, -0.2) is 43.0 Å². The number of nitrogens with zero attached hydrogens (tertiary/aromatic N) is 1. The highest BCUT2D eigenvalue weighted by Gasteiger charge is 2.30. The van der Waals surface area contributed by atoms with Gasteiger partial charge in [0.1, 0.15) is 0 Å². The van der Waals surface area contributed by atoms with E-state index in [1.165, 1.54) is 0 Å². The molecule has 1 atom stereocenters. The summed E-state index contributed by atoms with van der Waals surface area (Å²) in [4.78, 5) is 0. The molecule has 1 N–H and O–H groups in total. The first-order valence-corrected chi connectivity index (χ1v) is 8.74. The molecule has 116 valence electrons. The normalized spacial score (nSPS) is 13.9. The molecule has 6 heteroatoms. The molecule has 0 aromatic carbocycles. The molecule has 0 amide bonds. The van der Waals surface area contributed by atoms with Crippen molar-refractivity contribution in [3.05, 3.63) is 0 Å². The SMILES string of the molecule is CCCCCCCC(F)S(=O)(=O)N(CCC)CCO. The van der Waals surface area contributed by atoms with Crippen molar-refractivity contribution in [2.45, 2.75) is 64.3 Å². The van der Waals surface area contributed by atoms with Crippen LogP contribution in [0.2, 0.25) is 0 Å². The van der Waals surface area contributed by atoms with Crippen LogP contribution in [0.25, 0.3) is 0 Å². The summed E-state index contributed by atoms with van der Waals surface area (Å²) in [5, 5.41) is 8.85. The van der Waals surface area contributed by atoms with Crippen molar-refractivity contribution in [3.63, 3.8) is 0 Å². The van der Waals surface area contributed by atoms with E-state index in [9.17, 15) is 12.8 Å². The van der Waals surface area contributed by atoms with Crippen LogP contribution in [0.1, 0.15) is 58.8 Å². The summed E-state index contributed by atoms with van der Waals surface area (Å²) in [5.74, 6) is 0. The third-order valence-electron chi connectivity index (χ3n) is 3.04. The topological polar surface area (TPSA) is 57.6 Å². The molecule has 19 heavy (non-hydrogen) atoms. The Hall–Kier alpha value is -0.200. The standard InChI is InChI=1S/C13H28FNO3S/c1-3-5-6-7-8-9-13(14)19(17,18)15(10-4-2)11-12-16/h13,16H,3-12H2,1-2H3. The fourth-order valence-electron chi connectivity index (χ4n) is 1.95. The van der Waals surface area contributed by atoms with Crippen molar-refractivity contribution < 1.29 is 17.9 Å². The zero-order valence-corrected chi connectivity index (χ0v) is 13.0. The molecule has 0 rings (SSSR count). The zero-order valence-electron chi connectivity index (χ0n) is 12.1. The number of hydrogen-bond donors (Lipinski definition) is 1. The largest absolute Gasteiger partial charge is 0.395 e. The molecule has 0 aromatic heterocycles. The van der Waals surface area contributed by atoms with Crippen molar-refractivity contribution in [3.8, 4) is 0 Å². The number of rotatable bonds is 12. The Morgan fingerprint density at radius 1 is 1.05 bits per heavy atom. The quantitative estimate of drug-likeness (QED) is 0.563. The van der Waals surface area contributed by atoms with E-state index < -0.39 is 15.5 Å². The van der Waals surface area contributed by atoms with Crippen LogP contribution in [0.4, 0.5) is 4.39 Å². The van der Waals surface area contributed by atoms with Gasteiger partial charge >= 0.3 is 0 Å². The van der Waals surface area contributed by atoms with Gasteiger partial charge in [0.25, 0.3) is 0 Å². The van der Waals surface area contributed by atoms with Crippen LogP contribution in [0.5, 0.6) is 0 Å². The number of unbranched alkanes of at least 4 members (excludes halogenated alkanes) is 4. The summed E-state index contributed by atoms with van der Waals surface area (Å²) in [6.45, 7) is 3.89. The number of hydrogen-bond acceptors (Lipinski definition) is 3. The van der Waals surface area contributed by atoms with Crippen LogP contribution >= 0.6 is 0 Å². The summed E-state index contributed by atoms with van der Waals surface area (Å²) >= 11 is 0. The molecule has 0 radical (unpaired) electrons. The Bertz CT molecular complexity index is 303. The molecule has 0 fully saturated rings. The van der Waals surface area contributed by atoms with Gasteiger partial charge in [-0.3, -0.25) is 0 Å². The Balaban J connectivity index is 4.27. The van der Waals surface area contributed by atoms with Crippen molar-refractivity contribution in [2.24, 2.45) is 0 Å². The molecule has 0 saturated carbocycles. The van der Waals surface area contributed by atoms with E-state index in [4.69, 9.17) is 5.11 Å². The summed E-state index contributed by atoms with van der Waals surface area (Å²) in [7, 11) is -3.91. The number of sulfonamides is 1. The van der Waals surface area contributed by atoms with Gasteiger partial charge in [0.05, 0.1) is 6.61 Å². The average Bonchev–Trinajstić information content (AvgIpc) is 2.38. The molecular weight excluding hydrogens is 269 g/mol. The second kappa shape index (κ2) is 10.6. The fourth-order valence-corrected chi connectivity index (χ4v) is 3.51. The van der Waals surface area contributed by atoms with Gasteiger partial charge in [0, 0.05) is 13.1 Å². The lowest BCUT2D eigenvalue weighted by atomic mass is 10.1. The van der Waals surface area contributed by atoms with Crippen molar-refractivity contribution >= 4 is 10.0 Å². The molecule has 1 unspecified atom stereocenters. The van der Waals surface area contributed by atoms with Gasteiger partial charge in [-0.25, -0.2) is 12.8 Å². The average molecular weight is 297 g/mol. The van der Waals surface area contributed by atoms with Gasteiger partial charge in [0.2, 0.25) is 15.5 Å². The molecular formula is C13H28FNO3S. The Morgan fingerprint density at radius 2 is 1.68 bits per heavy atom. The van der Waals surface area contributed by atoms with E-state index in [2.05, 4.69) is 6.92 Å². The van der Waals surface area contributed by atoms with E-state index in [1.54, 1.807) is 0 Å². The van der Waals surface area contributed by atoms with Gasteiger partial charge < -0.3 is 5.11 Å². The lowest BCUT2D eigenvalue weighted by Crippen LogP contribution is -2.39. The lowest BCUT2D eigenvalue weighted by molar-refractivity contribution is 0.247. The number of halogens is 1. The second-order valence-corrected chi connectivity index (χ2v) is 6.84. The van der Waals surface area contributed by atoms with E-state index in [0.29, 0.717) is 12.8 Å². The monoisotopic (exact) mass is 297 g/mol. The maximum Gasteiger partial charge on any atom is 0.246 e. The minimum Gasteiger partial charge on any atom is -0.395 e. The molecule has 0 aliphatic carbocycles. The first-order chi connectivity index (χ1) is 9.00. The molecule has 0 spiro atoms. The number of aliphatic hydroxyl groups excluding tert-OH is 1. The minimum absolute atomic E-state index is 0.0214. The van der Waals surface area contributed by atoms with E-state index >= 15 is 0 Å². The molecule has 0 aromatic rings. The Morgan fingerprint density at radius 3 is 2.21 bits per heavy atom. The Labute approximate surface area is 117 Å². The highest BCUT2D eigenvalue weighted by molar-refractivity contribution is 7.89. The first kappa shape index (κ1) is 18.8. The van der Waals surface area contributed by atoms with Gasteiger partial charge in [-0.05, 0) is 19.3 Å². The number of aliphatic hydroxyl groups is 1. The van der Waals surface area contributed by atoms with E-state index in [-0.39, 0.29) is 26.1 Å². The summed E-state index contributed by atoms with van der Waals surface area (Å²) in [6, 6.07) is 0. The molecule has 0 aliphatic heterocycles. The third-order valence-corrected chi connectivity index (χ3v) is 5.01. The van der Waals surface area contributed by atoms with Crippen LogP contribution < -0.4 is 0 Å². The molecule has 0 aliphatic rings. The fraction of sp³-hybridized carbons (Fsp3) is 1.00. The van der Waals surface area contributed by atoms with E-state index in [1.807, 2.05) is 6.92 Å². The molecule has 4 nitrogen and oxygen atoms in total. The second-order valence-electron chi connectivity index (χ2n) is 4.78. The molecule has 0 bridgehead atoms. The summed E-state index contributed by atoms with van der Waals surface area (Å²) < 4.78 is 38.9. The van der Waals surface area contributed by atoms with Crippen LogP contribution in [0.15, 0.2) is 0 Å². The predicted molar refractivity (Wildman–Crippen MR) is 76.1 cm³/mol. The van der Waals surface area contributed by atoms with Gasteiger partial charge in [-0.15, -0.1) is 0 Å². The van der Waals surface area contributed by atoms with Gasteiger partial charge in [-0.2, -0.15) is 4.31 Å². The van der Waals surface area contributed by atoms with Crippen LogP contribution in [0, 0.1) is 0 Å². The maximum absolute atomic E-state index is 13.9. The maximum atomic E-state index is 13.9. The smallest absolute Gasteiger partial charge is 0.246 e. The third kappa shape index (κ3) is 7.22. The zero-order chi connectivity index (χ0) is 14.7. The summed E-state index contributed by atoms with van der Waals surface area (Å²) in [5.41, 5.74) is -1.84. The number of alkyl halides is 1. The predicted octanol–water partition coefficient (Wildman–Crippen LogP) is 2.68. The van der Waals surface area contributed by atoms with Crippen molar-refractivity contribution in [2.75, 3.05) is 19.7 Å². The molecule has 0 heterocycles. The van der Waals surface area contributed by atoms with Crippen molar-refractivity contribution in [1.29, 1.82) is 0 Å².